The smallest absolute Gasteiger partial charge is 0.399 e. The maximum Gasteiger partial charge on any atom is 0.399 e. The van der Waals surface area contributed by atoms with Gasteiger partial charge in [0.2, 0.25) is 18.5 Å². The molecule has 7 atom stereocenters. The molecule has 14 nitrogen and oxygen atoms in total. The number of carboxylic acid groups (broad SMARTS) is 1. The average Bonchev–Trinajstić information content (AvgIpc) is 2.62. The van der Waals surface area contributed by atoms with Crippen LogP contribution in [0.1, 0.15) is 26.7 Å². The fourth-order valence-electron chi connectivity index (χ4n) is 2.65. The van der Waals surface area contributed by atoms with Crippen molar-refractivity contribution < 1.29 is 60.8 Å². The Labute approximate surface area is 171 Å². The van der Waals surface area contributed by atoms with Gasteiger partial charge in [0.25, 0.3) is 0 Å². The summed E-state index contributed by atoms with van der Waals surface area (Å²) in [6.07, 6.45) is -8.88. The average molecular weight is 457 g/mol. The van der Waals surface area contributed by atoms with Crippen molar-refractivity contribution in [3.63, 3.8) is 0 Å². The van der Waals surface area contributed by atoms with Crippen LogP contribution in [0.3, 0.4) is 0 Å². The van der Waals surface area contributed by atoms with Crippen LogP contribution in [0.5, 0.6) is 0 Å². The number of hydrogen-bond donors (Lipinski definition) is 4. The van der Waals surface area contributed by atoms with E-state index in [9.17, 15) is 37.8 Å². The Morgan fingerprint density at radius 1 is 1.30 bits per heavy atom. The highest BCUT2D eigenvalue weighted by atomic mass is 32.3. The van der Waals surface area contributed by atoms with Crippen LogP contribution in [0.15, 0.2) is 0 Å². The van der Waals surface area contributed by atoms with E-state index in [2.05, 4.69) is 9.50 Å². The highest BCUT2D eigenvalue weighted by Gasteiger charge is 2.43. The summed E-state index contributed by atoms with van der Waals surface area (Å²) in [5, 5.41) is 21.4. The largest absolute Gasteiger partial charge is 0.479 e. The van der Waals surface area contributed by atoms with E-state index in [-0.39, 0.29) is 19.1 Å². The molecule has 4 N–H and O–H groups in total. The van der Waals surface area contributed by atoms with Crippen LogP contribution in [0, 0.1) is 5.92 Å². The molecule has 0 aromatic carbocycles. The van der Waals surface area contributed by atoms with Gasteiger partial charge in [-0.05, 0) is 6.42 Å². The molecule has 0 bridgehead atoms. The minimum Gasteiger partial charge on any atom is -0.479 e. The molecular weight excluding hydrogens is 434 g/mol. The van der Waals surface area contributed by atoms with Gasteiger partial charge in [0.15, 0.2) is 18.7 Å². The van der Waals surface area contributed by atoms with Gasteiger partial charge in [0.1, 0.15) is 12.4 Å². The van der Waals surface area contributed by atoms with E-state index in [1.807, 2.05) is 0 Å². The molecular formula is C15H23NO13S. The maximum atomic E-state index is 11.4. The second kappa shape index (κ2) is 11.4. The summed E-state index contributed by atoms with van der Waals surface area (Å²) in [5.41, 5.74) is 0. The number of carbonyl (C=O) groups is 4. The quantitative estimate of drug-likeness (QED) is 0.142. The lowest BCUT2D eigenvalue weighted by atomic mass is 10.0. The summed E-state index contributed by atoms with van der Waals surface area (Å²) in [6.45, 7) is 2.64. The first kappa shape index (κ1) is 26.0. The maximum absolute atomic E-state index is 11.4. The first-order chi connectivity index (χ1) is 13.9. The van der Waals surface area contributed by atoms with Crippen molar-refractivity contribution in [2.75, 3.05) is 0 Å². The number of nitrogens with one attached hydrogen (secondary N) is 1. The van der Waals surface area contributed by atoms with E-state index in [1.54, 1.807) is 0 Å². The topological polar surface area (TPSA) is 212 Å². The van der Waals surface area contributed by atoms with Crippen LogP contribution < -0.4 is 5.32 Å². The number of hydrogen-bond acceptors (Lipinski definition) is 11. The molecule has 15 heteroatoms. The zero-order valence-corrected chi connectivity index (χ0v) is 16.8. The molecule has 0 spiro atoms. The molecule has 7 unspecified atom stereocenters. The highest BCUT2D eigenvalue weighted by Crippen LogP contribution is 2.26. The number of aldehydes is 2. The number of aliphatic hydroxyl groups excluding tert-OH is 1. The van der Waals surface area contributed by atoms with Crippen molar-refractivity contribution in [2.24, 2.45) is 5.92 Å². The lowest BCUT2D eigenvalue weighted by molar-refractivity contribution is -0.299. The zero-order chi connectivity index (χ0) is 23.1. The van der Waals surface area contributed by atoms with Gasteiger partial charge in [-0.2, -0.15) is 8.42 Å². The standard InChI is InChI=1S/C15H23NO13S/c1-3-8(5-17)12(13(20)21)27-11(6-18)26-10-4-9(16-7(2)19)14(22)28-15(10)29-30(23,24)25/h5-6,8-12,14-15,22H,3-4H2,1-2H3,(H,16,19)(H,20,21)(H,23,24,25). The number of amides is 1. The Bertz CT molecular complexity index is 726. The lowest BCUT2D eigenvalue weighted by Crippen LogP contribution is -2.56. The SMILES string of the molecule is CCC(C=O)C(OC(C=O)OC1CC(NC(C)=O)C(O)OC1OS(=O)(=O)O)C(=O)O. The fourth-order valence-corrected chi connectivity index (χ4v) is 3.06. The first-order valence-corrected chi connectivity index (χ1v) is 9.98. The summed E-state index contributed by atoms with van der Waals surface area (Å²) in [6, 6.07) is -1.13. The number of aliphatic hydroxyl groups is 1. The van der Waals surface area contributed by atoms with E-state index >= 15 is 0 Å². The van der Waals surface area contributed by atoms with Crippen molar-refractivity contribution in [2.45, 2.75) is 63.8 Å². The highest BCUT2D eigenvalue weighted by molar-refractivity contribution is 7.80. The molecule has 0 radical (unpaired) electrons. The zero-order valence-electron chi connectivity index (χ0n) is 15.9. The van der Waals surface area contributed by atoms with Crippen LogP contribution in [-0.4, -0.2) is 84.8 Å². The number of aliphatic carboxylic acids is 1. The van der Waals surface area contributed by atoms with E-state index < -0.39 is 65.3 Å². The molecule has 1 aliphatic rings. The van der Waals surface area contributed by atoms with Crippen LogP contribution in [0.2, 0.25) is 0 Å². The van der Waals surface area contributed by atoms with Gasteiger partial charge in [-0.1, -0.05) is 6.92 Å². The third-order valence-corrected chi connectivity index (χ3v) is 4.42. The van der Waals surface area contributed by atoms with E-state index in [0.29, 0.717) is 6.29 Å². The first-order valence-electron chi connectivity index (χ1n) is 8.62. The third-order valence-electron chi connectivity index (χ3n) is 3.99. The van der Waals surface area contributed by atoms with Crippen LogP contribution in [-0.2, 0) is 48.0 Å². The molecule has 0 aromatic heterocycles. The lowest BCUT2D eigenvalue weighted by Gasteiger charge is -2.38. The monoisotopic (exact) mass is 457 g/mol. The Hall–Kier alpha value is -2.01. The molecule has 1 saturated heterocycles. The minimum absolute atomic E-state index is 0.0381. The van der Waals surface area contributed by atoms with Gasteiger partial charge < -0.3 is 34.5 Å². The Morgan fingerprint density at radius 2 is 1.93 bits per heavy atom. The van der Waals surface area contributed by atoms with Crippen molar-refractivity contribution >= 4 is 34.8 Å². The molecule has 0 aliphatic carbocycles. The van der Waals surface area contributed by atoms with Crippen LogP contribution in [0.25, 0.3) is 0 Å². The Kier molecular flexibility index (Phi) is 9.89. The second-order valence-corrected chi connectivity index (χ2v) is 7.29. The van der Waals surface area contributed by atoms with Crippen molar-refractivity contribution in [1.29, 1.82) is 0 Å². The summed E-state index contributed by atoms with van der Waals surface area (Å²) in [4.78, 5) is 45.0. The van der Waals surface area contributed by atoms with Crippen molar-refractivity contribution in [3.05, 3.63) is 0 Å². The van der Waals surface area contributed by atoms with Gasteiger partial charge in [0.05, 0.1) is 12.0 Å². The van der Waals surface area contributed by atoms with Crippen molar-refractivity contribution in [1.82, 2.24) is 5.32 Å². The molecule has 1 fully saturated rings. The number of carboxylic acids is 1. The molecule has 1 amide bonds. The Balaban J connectivity index is 3.06. The van der Waals surface area contributed by atoms with Gasteiger partial charge in [-0.25, -0.2) is 8.98 Å². The molecule has 0 saturated carbocycles. The predicted octanol–water partition coefficient (Wildman–Crippen LogP) is -2.02. The normalized spacial score (nSPS) is 27.5. The Morgan fingerprint density at radius 3 is 2.37 bits per heavy atom. The molecule has 30 heavy (non-hydrogen) atoms. The van der Waals surface area contributed by atoms with E-state index in [0.717, 1.165) is 6.92 Å². The number of carbonyl (C=O) groups excluding carboxylic acids is 3. The number of ether oxygens (including phenoxy) is 3. The fraction of sp³-hybridized carbons (Fsp3) is 0.733. The molecule has 172 valence electrons. The summed E-state index contributed by atoms with van der Waals surface area (Å²) in [7, 11) is -5.09. The summed E-state index contributed by atoms with van der Waals surface area (Å²) < 4.78 is 50.3. The number of rotatable bonds is 12. The van der Waals surface area contributed by atoms with Crippen LogP contribution >= 0.6 is 0 Å². The van der Waals surface area contributed by atoms with Gasteiger partial charge in [-0.3, -0.25) is 14.1 Å². The third kappa shape index (κ3) is 8.02. The molecule has 0 aromatic rings. The molecule has 1 heterocycles. The van der Waals surface area contributed by atoms with Crippen LogP contribution in [0.4, 0.5) is 0 Å². The minimum atomic E-state index is -5.09. The second-order valence-electron chi connectivity index (χ2n) is 6.24. The van der Waals surface area contributed by atoms with Gasteiger partial charge in [-0.15, -0.1) is 0 Å². The van der Waals surface area contributed by atoms with E-state index in [4.69, 9.17) is 18.8 Å². The van der Waals surface area contributed by atoms with Crippen molar-refractivity contribution in [3.8, 4) is 0 Å². The van der Waals surface area contributed by atoms with Gasteiger partial charge >= 0.3 is 16.4 Å². The van der Waals surface area contributed by atoms with Gasteiger partial charge in [0, 0.05) is 13.3 Å². The summed E-state index contributed by atoms with van der Waals surface area (Å²) in [5.74, 6) is -3.25. The summed E-state index contributed by atoms with van der Waals surface area (Å²) >= 11 is 0. The van der Waals surface area contributed by atoms with E-state index in [1.165, 1.54) is 6.92 Å². The molecule has 1 rings (SSSR count). The predicted molar refractivity (Wildman–Crippen MR) is 92.8 cm³/mol. The molecule has 1 aliphatic heterocycles.